The zero-order valence-electron chi connectivity index (χ0n) is 9.86. The van der Waals surface area contributed by atoms with Crippen LogP contribution in [0.4, 0.5) is 5.69 Å². The second-order valence-electron chi connectivity index (χ2n) is 3.71. The van der Waals surface area contributed by atoms with Crippen LogP contribution in [0.3, 0.4) is 0 Å². The van der Waals surface area contributed by atoms with Crippen LogP contribution in [0.5, 0.6) is 11.6 Å². The van der Waals surface area contributed by atoms with Gasteiger partial charge in [-0.15, -0.1) is 11.3 Å². The second-order valence-corrected chi connectivity index (χ2v) is 5.32. The minimum atomic E-state index is -0.0721. The van der Waals surface area contributed by atoms with Gasteiger partial charge >= 0.3 is 0 Å². The zero-order valence-corrected chi connectivity index (χ0v) is 11.4. The molecule has 0 aliphatic heterocycles. The Bertz CT molecular complexity index is 610. The maximum atomic E-state index is 11.4. The molecule has 0 aliphatic carbocycles. The molecule has 0 spiro atoms. The number of Topliss-reactive ketones (excluding diaryl/α,β-unsaturated/α-hetero) is 1. The van der Waals surface area contributed by atoms with Crippen LogP contribution >= 0.6 is 22.9 Å². The normalized spacial score (nSPS) is 10.4. The quantitative estimate of drug-likeness (QED) is 0.689. The van der Waals surface area contributed by atoms with E-state index in [1.807, 2.05) is 6.92 Å². The van der Waals surface area contributed by atoms with Crippen LogP contribution in [-0.2, 0) is 0 Å². The minimum absolute atomic E-state index is 0.0721. The predicted molar refractivity (Wildman–Crippen MR) is 72.8 cm³/mol. The third kappa shape index (κ3) is 2.63. The molecule has 0 atom stereocenters. The fraction of sp³-hybridized carbons (Fsp3) is 0.167. The molecular formula is C12H11ClN2O2S. The molecule has 1 heterocycles. The van der Waals surface area contributed by atoms with E-state index in [1.54, 1.807) is 18.2 Å². The van der Waals surface area contributed by atoms with Crippen LogP contribution in [0.1, 0.15) is 21.6 Å². The second kappa shape index (κ2) is 4.96. The van der Waals surface area contributed by atoms with Crippen molar-refractivity contribution < 1.29 is 9.53 Å². The molecule has 0 saturated heterocycles. The lowest BCUT2D eigenvalue weighted by atomic mass is 10.3. The summed E-state index contributed by atoms with van der Waals surface area (Å²) < 4.78 is 5.57. The molecule has 0 amide bonds. The lowest BCUT2D eigenvalue weighted by molar-refractivity contribution is 0.101. The number of thiazole rings is 1. The van der Waals surface area contributed by atoms with Crippen LogP contribution in [0, 0.1) is 6.92 Å². The SMILES string of the molecule is CC(=O)c1sc(C)nc1Oc1ccc(N)c(Cl)c1. The van der Waals surface area contributed by atoms with Gasteiger partial charge in [-0.2, -0.15) is 0 Å². The Morgan fingerprint density at radius 2 is 2.22 bits per heavy atom. The maximum Gasteiger partial charge on any atom is 0.241 e. The molecule has 2 rings (SSSR count). The number of ether oxygens (including phenoxy) is 1. The number of rotatable bonds is 3. The summed E-state index contributed by atoms with van der Waals surface area (Å²) in [6.07, 6.45) is 0. The van der Waals surface area contributed by atoms with Crippen LogP contribution in [0.15, 0.2) is 18.2 Å². The smallest absolute Gasteiger partial charge is 0.241 e. The van der Waals surface area contributed by atoms with Crippen molar-refractivity contribution in [2.45, 2.75) is 13.8 Å². The van der Waals surface area contributed by atoms with E-state index >= 15 is 0 Å². The van der Waals surface area contributed by atoms with Crippen molar-refractivity contribution in [2.24, 2.45) is 0 Å². The van der Waals surface area contributed by atoms with Crippen LogP contribution in [0.2, 0.25) is 5.02 Å². The number of carbonyl (C=O) groups is 1. The predicted octanol–water partition coefficient (Wildman–Crippen LogP) is 3.68. The van der Waals surface area contributed by atoms with E-state index in [2.05, 4.69) is 4.98 Å². The van der Waals surface area contributed by atoms with Gasteiger partial charge in [-0.3, -0.25) is 4.79 Å². The molecule has 94 valence electrons. The number of carbonyl (C=O) groups excluding carboxylic acids is 1. The summed E-state index contributed by atoms with van der Waals surface area (Å²) in [4.78, 5) is 16.1. The molecule has 0 aliphatic rings. The van der Waals surface area contributed by atoms with Gasteiger partial charge in [0.05, 0.1) is 15.7 Å². The van der Waals surface area contributed by atoms with Crippen LogP contribution in [0.25, 0.3) is 0 Å². The standard InChI is InChI=1S/C12H11ClN2O2S/c1-6(16)11-12(15-7(2)18-11)17-8-3-4-10(14)9(13)5-8/h3-5H,14H2,1-2H3. The minimum Gasteiger partial charge on any atom is -0.437 e. The fourth-order valence-electron chi connectivity index (χ4n) is 1.38. The number of nitrogen functional groups attached to an aromatic ring is 1. The third-order valence-electron chi connectivity index (χ3n) is 2.21. The summed E-state index contributed by atoms with van der Waals surface area (Å²) >= 11 is 7.20. The Kier molecular flexibility index (Phi) is 3.54. The highest BCUT2D eigenvalue weighted by Gasteiger charge is 2.15. The Balaban J connectivity index is 2.33. The number of hydrogen-bond donors (Lipinski definition) is 1. The van der Waals surface area contributed by atoms with Gasteiger partial charge in [0.2, 0.25) is 5.88 Å². The summed E-state index contributed by atoms with van der Waals surface area (Å²) in [6, 6.07) is 4.92. The molecule has 6 heteroatoms. The molecular weight excluding hydrogens is 272 g/mol. The molecule has 0 unspecified atom stereocenters. The van der Waals surface area contributed by atoms with Gasteiger partial charge in [0.25, 0.3) is 0 Å². The van der Waals surface area contributed by atoms with Gasteiger partial charge < -0.3 is 10.5 Å². The number of halogens is 1. The largest absolute Gasteiger partial charge is 0.437 e. The van der Waals surface area contributed by atoms with Crippen molar-refractivity contribution in [3.8, 4) is 11.6 Å². The number of benzene rings is 1. The summed E-state index contributed by atoms with van der Waals surface area (Å²) in [5.74, 6) is 0.741. The monoisotopic (exact) mass is 282 g/mol. The van der Waals surface area contributed by atoms with E-state index < -0.39 is 0 Å². The Morgan fingerprint density at radius 3 is 2.83 bits per heavy atom. The maximum absolute atomic E-state index is 11.4. The van der Waals surface area contributed by atoms with E-state index in [-0.39, 0.29) is 5.78 Å². The summed E-state index contributed by atoms with van der Waals surface area (Å²) in [5.41, 5.74) is 6.09. The number of hydrogen-bond acceptors (Lipinski definition) is 5. The molecule has 4 nitrogen and oxygen atoms in total. The van der Waals surface area contributed by atoms with Crippen molar-refractivity contribution in [1.82, 2.24) is 4.98 Å². The first-order valence-corrected chi connectivity index (χ1v) is 6.38. The number of aromatic nitrogens is 1. The molecule has 18 heavy (non-hydrogen) atoms. The van der Waals surface area contributed by atoms with E-state index in [0.717, 1.165) is 5.01 Å². The molecule has 0 radical (unpaired) electrons. The lowest BCUT2D eigenvalue weighted by Crippen LogP contribution is -1.94. The van der Waals surface area contributed by atoms with Crippen LogP contribution in [-0.4, -0.2) is 10.8 Å². The highest BCUT2D eigenvalue weighted by molar-refractivity contribution is 7.13. The van der Waals surface area contributed by atoms with Gasteiger partial charge in [0.15, 0.2) is 5.78 Å². The first-order chi connectivity index (χ1) is 8.47. The average Bonchev–Trinajstić information content (AvgIpc) is 2.65. The van der Waals surface area contributed by atoms with E-state index in [4.69, 9.17) is 22.1 Å². The molecule has 0 fully saturated rings. The number of aryl methyl sites for hydroxylation is 1. The van der Waals surface area contributed by atoms with Crippen molar-refractivity contribution in [3.05, 3.63) is 33.1 Å². The van der Waals surface area contributed by atoms with Crippen LogP contribution < -0.4 is 10.5 Å². The van der Waals surface area contributed by atoms with Gasteiger partial charge in [-0.25, -0.2) is 4.98 Å². The van der Waals surface area contributed by atoms with Gasteiger partial charge in [-0.05, 0) is 19.1 Å². The van der Waals surface area contributed by atoms with E-state index in [1.165, 1.54) is 18.3 Å². The third-order valence-corrected chi connectivity index (χ3v) is 3.59. The van der Waals surface area contributed by atoms with Crippen molar-refractivity contribution in [1.29, 1.82) is 0 Å². The highest BCUT2D eigenvalue weighted by Crippen LogP contribution is 2.32. The Hall–Kier alpha value is -1.59. The molecule has 1 aromatic heterocycles. The van der Waals surface area contributed by atoms with Crippen molar-refractivity contribution in [2.75, 3.05) is 5.73 Å². The first kappa shape index (κ1) is 12.9. The van der Waals surface area contributed by atoms with E-state index in [9.17, 15) is 4.79 Å². The summed E-state index contributed by atoms with van der Waals surface area (Å²) in [6.45, 7) is 3.30. The molecule has 1 aromatic carbocycles. The molecule has 0 bridgehead atoms. The highest BCUT2D eigenvalue weighted by atomic mass is 35.5. The lowest BCUT2D eigenvalue weighted by Gasteiger charge is -2.05. The van der Waals surface area contributed by atoms with Crippen molar-refractivity contribution in [3.63, 3.8) is 0 Å². The molecule has 2 aromatic rings. The Morgan fingerprint density at radius 1 is 1.50 bits per heavy atom. The average molecular weight is 283 g/mol. The topological polar surface area (TPSA) is 65.2 Å². The summed E-state index contributed by atoms with van der Waals surface area (Å²) in [7, 11) is 0. The molecule has 0 saturated carbocycles. The number of nitrogens with two attached hydrogens (primary N) is 1. The molecule has 2 N–H and O–H groups in total. The van der Waals surface area contributed by atoms with Gasteiger partial charge in [0.1, 0.15) is 10.6 Å². The Labute approximate surface area is 113 Å². The van der Waals surface area contributed by atoms with E-state index in [0.29, 0.717) is 27.2 Å². The summed E-state index contributed by atoms with van der Waals surface area (Å²) in [5, 5.41) is 1.18. The number of anilines is 1. The first-order valence-electron chi connectivity index (χ1n) is 5.18. The van der Waals surface area contributed by atoms with Crippen molar-refractivity contribution >= 4 is 34.4 Å². The number of ketones is 1. The van der Waals surface area contributed by atoms with Gasteiger partial charge in [0, 0.05) is 13.0 Å². The zero-order chi connectivity index (χ0) is 13.3. The van der Waals surface area contributed by atoms with Gasteiger partial charge in [-0.1, -0.05) is 11.6 Å². The number of nitrogens with zero attached hydrogens (tertiary/aromatic N) is 1. The fourth-order valence-corrected chi connectivity index (χ4v) is 2.30.